The van der Waals surface area contributed by atoms with Crippen LogP contribution < -0.4 is 5.73 Å². The molecule has 2 N–H and O–H groups in total. The Kier molecular flexibility index (Phi) is 5.52. The Morgan fingerprint density at radius 1 is 1.57 bits per heavy atom. The summed E-state index contributed by atoms with van der Waals surface area (Å²) in [5.74, 6) is -0.331. The zero-order valence-corrected chi connectivity index (χ0v) is 12.8. The van der Waals surface area contributed by atoms with Crippen molar-refractivity contribution in [2.75, 3.05) is 26.2 Å². The molecule has 1 atom stereocenters. The van der Waals surface area contributed by atoms with Gasteiger partial charge in [0.1, 0.15) is 0 Å². The Hall–Kier alpha value is -1.66. The van der Waals surface area contributed by atoms with Crippen molar-refractivity contribution in [3.63, 3.8) is 0 Å². The maximum absolute atomic E-state index is 12.4. The summed E-state index contributed by atoms with van der Waals surface area (Å²) in [7, 11) is 0. The number of thiophene rings is 1. The molecule has 1 aliphatic heterocycles. The van der Waals surface area contributed by atoms with E-state index in [2.05, 4.69) is 6.58 Å². The molecule has 1 fully saturated rings. The lowest BCUT2D eigenvalue weighted by atomic mass is 10.1. The lowest BCUT2D eigenvalue weighted by Crippen LogP contribution is -2.39. The number of amides is 2. The molecule has 1 aliphatic rings. The third kappa shape index (κ3) is 4.41. The minimum absolute atomic E-state index is 0.0634. The van der Waals surface area contributed by atoms with Gasteiger partial charge in [-0.2, -0.15) is 0 Å². The van der Waals surface area contributed by atoms with E-state index in [4.69, 9.17) is 5.73 Å². The summed E-state index contributed by atoms with van der Waals surface area (Å²) in [5, 5.41) is 2.00. The molecule has 6 heteroatoms. The molecule has 2 rings (SSSR count). The predicted octanol–water partition coefficient (Wildman–Crippen LogP) is 1.07. The van der Waals surface area contributed by atoms with Gasteiger partial charge < -0.3 is 10.6 Å². The van der Waals surface area contributed by atoms with Crippen LogP contribution in [-0.4, -0.2) is 47.8 Å². The van der Waals surface area contributed by atoms with E-state index in [9.17, 15) is 9.59 Å². The molecule has 0 bridgehead atoms. The van der Waals surface area contributed by atoms with Gasteiger partial charge in [-0.15, -0.1) is 17.9 Å². The van der Waals surface area contributed by atoms with Crippen molar-refractivity contribution in [2.24, 2.45) is 11.7 Å². The molecule has 21 heavy (non-hydrogen) atoms. The molecule has 0 radical (unpaired) electrons. The summed E-state index contributed by atoms with van der Waals surface area (Å²) in [6, 6.07) is 4.00. The summed E-state index contributed by atoms with van der Waals surface area (Å²) in [5.41, 5.74) is 5.32. The van der Waals surface area contributed by atoms with Crippen LogP contribution in [0.25, 0.3) is 0 Å². The fraction of sp³-hybridized carbons (Fsp3) is 0.467. The van der Waals surface area contributed by atoms with Gasteiger partial charge in [0.2, 0.25) is 11.8 Å². The second kappa shape index (κ2) is 7.38. The number of nitrogens with zero attached hydrogens (tertiary/aromatic N) is 2. The van der Waals surface area contributed by atoms with E-state index < -0.39 is 0 Å². The average Bonchev–Trinajstić information content (AvgIpc) is 3.09. The van der Waals surface area contributed by atoms with Crippen LogP contribution >= 0.6 is 11.3 Å². The molecule has 1 aromatic heterocycles. The summed E-state index contributed by atoms with van der Waals surface area (Å²) >= 11 is 1.64. The van der Waals surface area contributed by atoms with Crippen molar-refractivity contribution < 1.29 is 9.59 Å². The molecule has 0 aromatic carbocycles. The predicted molar refractivity (Wildman–Crippen MR) is 83.7 cm³/mol. The van der Waals surface area contributed by atoms with E-state index in [1.54, 1.807) is 22.3 Å². The summed E-state index contributed by atoms with van der Waals surface area (Å²) in [4.78, 5) is 28.5. The quantitative estimate of drug-likeness (QED) is 0.766. The van der Waals surface area contributed by atoms with E-state index in [0.29, 0.717) is 26.2 Å². The molecule has 0 unspecified atom stereocenters. The van der Waals surface area contributed by atoms with Gasteiger partial charge in [0.15, 0.2) is 0 Å². The molecule has 0 spiro atoms. The zero-order chi connectivity index (χ0) is 15.2. The van der Waals surface area contributed by atoms with E-state index in [1.807, 2.05) is 22.4 Å². The molecule has 1 saturated heterocycles. The van der Waals surface area contributed by atoms with E-state index in [1.165, 1.54) is 0 Å². The Morgan fingerprint density at radius 3 is 2.95 bits per heavy atom. The van der Waals surface area contributed by atoms with Crippen LogP contribution in [0.1, 0.15) is 11.3 Å². The highest BCUT2D eigenvalue weighted by Gasteiger charge is 2.28. The smallest absolute Gasteiger partial charge is 0.237 e. The topological polar surface area (TPSA) is 66.6 Å². The molecule has 0 saturated carbocycles. The first-order chi connectivity index (χ1) is 10.1. The largest absolute Gasteiger partial charge is 0.369 e. The highest BCUT2D eigenvalue weighted by molar-refractivity contribution is 7.09. The number of hydrogen-bond acceptors (Lipinski definition) is 4. The Balaban J connectivity index is 1.90. The fourth-order valence-electron chi connectivity index (χ4n) is 2.50. The normalized spacial score (nSPS) is 18.6. The van der Waals surface area contributed by atoms with Gasteiger partial charge in [-0.3, -0.25) is 14.5 Å². The SMILES string of the molecule is C=CCN(Cc1cccs1)C(=O)CN1CC[C@@H](C(N)=O)C1. The maximum Gasteiger partial charge on any atom is 0.237 e. The van der Waals surface area contributed by atoms with Crippen LogP contribution in [0.15, 0.2) is 30.2 Å². The van der Waals surface area contributed by atoms with Gasteiger partial charge in [-0.05, 0) is 24.4 Å². The highest BCUT2D eigenvalue weighted by Crippen LogP contribution is 2.17. The van der Waals surface area contributed by atoms with E-state index in [0.717, 1.165) is 17.8 Å². The van der Waals surface area contributed by atoms with Crippen molar-refractivity contribution in [2.45, 2.75) is 13.0 Å². The van der Waals surface area contributed by atoms with Crippen LogP contribution in [0.3, 0.4) is 0 Å². The number of likely N-dealkylation sites (tertiary alicyclic amines) is 1. The second-order valence-electron chi connectivity index (χ2n) is 5.27. The van der Waals surface area contributed by atoms with E-state index >= 15 is 0 Å². The van der Waals surface area contributed by atoms with Crippen LogP contribution in [0.4, 0.5) is 0 Å². The Morgan fingerprint density at radius 2 is 2.38 bits per heavy atom. The molecule has 5 nitrogen and oxygen atoms in total. The lowest BCUT2D eigenvalue weighted by Gasteiger charge is -2.24. The van der Waals surface area contributed by atoms with Gasteiger partial charge in [0.25, 0.3) is 0 Å². The van der Waals surface area contributed by atoms with Gasteiger partial charge in [0, 0.05) is 18.0 Å². The summed E-state index contributed by atoms with van der Waals surface area (Å²) in [6.45, 7) is 6.52. The minimum Gasteiger partial charge on any atom is -0.369 e. The molecular weight excluding hydrogens is 286 g/mol. The number of hydrogen-bond donors (Lipinski definition) is 1. The average molecular weight is 307 g/mol. The van der Waals surface area contributed by atoms with Crippen LogP contribution in [0.5, 0.6) is 0 Å². The molecule has 2 amide bonds. The third-order valence-electron chi connectivity index (χ3n) is 3.66. The first-order valence-corrected chi connectivity index (χ1v) is 7.91. The van der Waals surface area contributed by atoms with Crippen LogP contribution in [0.2, 0.25) is 0 Å². The monoisotopic (exact) mass is 307 g/mol. The summed E-state index contributed by atoms with van der Waals surface area (Å²) < 4.78 is 0. The standard InChI is InChI=1S/C15H21N3O2S/c1-2-6-18(10-13-4-3-8-21-13)14(19)11-17-7-5-12(9-17)15(16)20/h2-4,8,12H,1,5-7,9-11H2,(H2,16,20)/t12-/m1/s1. The fourth-order valence-corrected chi connectivity index (χ4v) is 3.22. The number of primary amides is 1. The molecule has 1 aromatic rings. The van der Waals surface area contributed by atoms with Gasteiger partial charge >= 0.3 is 0 Å². The van der Waals surface area contributed by atoms with Gasteiger partial charge in [-0.1, -0.05) is 12.1 Å². The molecule has 114 valence electrons. The molecule has 0 aliphatic carbocycles. The summed E-state index contributed by atoms with van der Waals surface area (Å²) in [6.07, 6.45) is 2.48. The van der Waals surface area contributed by atoms with Crippen LogP contribution in [-0.2, 0) is 16.1 Å². The second-order valence-corrected chi connectivity index (χ2v) is 6.30. The van der Waals surface area contributed by atoms with Crippen molar-refractivity contribution in [1.82, 2.24) is 9.80 Å². The zero-order valence-electron chi connectivity index (χ0n) is 12.0. The third-order valence-corrected chi connectivity index (χ3v) is 4.52. The Labute approximate surface area is 129 Å². The maximum atomic E-state index is 12.4. The molecular formula is C15H21N3O2S. The van der Waals surface area contributed by atoms with Crippen molar-refractivity contribution in [3.05, 3.63) is 35.0 Å². The lowest BCUT2D eigenvalue weighted by molar-refractivity contribution is -0.132. The number of carbonyl (C=O) groups excluding carboxylic acids is 2. The van der Waals surface area contributed by atoms with Crippen LogP contribution in [0, 0.1) is 5.92 Å². The minimum atomic E-state index is -0.272. The highest BCUT2D eigenvalue weighted by atomic mass is 32.1. The van der Waals surface area contributed by atoms with Gasteiger partial charge in [0.05, 0.1) is 19.0 Å². The first-order valence-electron chi connectivity index (χ1n) is 7.03. The number of nitrogens with two attached hydrogens (primary N) is 1. The van der Waals surface area contributed by atoms with Crippen molar-refractivity contribution in [3.8, 4) is 0 Å². The Bertz CT molecular complexity index is 501. The van der Waals surface area contributed by atoms with E-state index in [-0.39, 0.29) is 17.7 Å². The van der Waals surface area contributed by atoms with Crippen molar-refractivity contribution in [1.29, 1.82) is 0 Å². The molecule has 2 heterocycles. The van der Waals surface area contributed by atoms with Crippen molar-refractivity contribution >= 4 is 23.2 Å². The van der Waals surface area contributed by atoms with Gasteiger partial charge in [-0.25, -0.2) is 0 Å². The number of rotatable bonds is 7. The first kappa shape index (κ1) is 15.7. The number of carbonyl (C=O) groups is 2.